The molecule has 1 atom stereocenters. The van der Waals surface area contributed by atoms with Crippen LogP contribution in [0.3, 0.4) is 0 Å². The zero-order chi connectivity index (χ0) is 16.9. The minimum atomic E-state index is 0.0159. The molecule has 0 radical (unpaired) electrons. The molecule has 0 bridgehead atoms. The van der Waals surface area contributed by atoms with Gasteiger partial charge in [0, 0.05) is 30.6 Å². The second kappa shape index (κ2) is 7.59. The molecule has 0 spiro atoms. The molecule has 1 aromatic carbocycles. The van der Waals surface area contributed by atoms with Gasteiger partial charge < -0.3 is 15.4 Å². The van der Waals surface area contributed by atoms with Crippen molar-refractivity contribution in [1.29, 1.82) is 0 Å². The summed E-state index contributed by atoms with van der Waals surface area (Å²) in [6.07, 6.45) is 4.30. The summed E-state index contributed by atoms with van der Waals surface area (Å²) in [5.74, 6) is 0.803. The van der Waals surface area contributed by atoms with Gasteiger partial charge in [-0.2, -0.15) is 0 Å². The van der Waals surface area contributed by atoms with Gasteiger partial charge in [0.25, 0.3) is 0 Å². The molecule has 2 heterocycles. The molecule has 0 saturated carbocycles. The van der Waals surface area contributed by atoms with E-state index in [4.69, 9.17) is 10.5 Å². The fourth-order valence-corrected chi connectivity index (χ4v) is 3.16. The maximum atomic E-state index is 12.0. The van der Waals surface area contributed by atoms with Gasteiger partial charge in [0.15, 0.2) is 0 Å². The Bertz CT molecular complexity index is 724. The Morgan fingerprint density at radius 3 is 2.88 bits per heavy atom. The van der Waals surface area contributed by atoms with E-state index >= 15 is 0 Å². The van der Waals surface area contributed by atoms with Crippen LogP contribution in [0.5, 0.6) is 5.75 Å². The van der Waals surface area contributed by atoms with Crippen molar-refractivity contribution in [2.24, 2.45) is 5.73 Å². The first-order valence-corrected chi connectivity index (χ1v) is 8.84. The smallest absolute Gasteiger partial charge is 0.246 e. The van der Waals surface area contributed by atoms with Gasteiger partial charge in [-0.25, -0.2) is 4.98 Å². The third kappa shape index (κ3) is 4.43. The Labute approximate surface area is 145 Å². The van der Waals surface area contributed by atoms with Crippen molar-refractivity contribution in [2.45, 2.75) is 26.0 Å². The normalized spacial score (nSPS) is 17.6. The molecule has 0 aliphatic carbocycles. The number of likely N-dealkylation sites (tertiary alicyclic amines) is 1. The summed E-state index contributed by atoms with van der Waals surface area (Å²) in [6, 6.07) is 7.77. The van der Waals surface area contributed by atoms with Crippen molar-refractivity contribution < 1.29 is 9.53 Å². The van der Waals surface area contributed by atoms with Crippen LogP contribution in [0.2, 0.25) is 0 Å². The van der Waals surface area contributed by atoms with Gasteiger partial charge in [-0.05, 0) is 37.1 Å². The number of carbonyl (C=O) groups excluding carboxylic acids is 1. The fraction of sp³-hybridized carbons (Fsp3) is 0.333. The molecule has 1 aliphatic heterocycles. The molecular formula is C18H21N3O2S. The first-order chi connectivity index (χ1) is 11.6. The highest BCUT2D eigenvalue weighted by molar-refractivity contribution is 7.09. The van der Waals surface area contributed by atoms with Crippen molar-refractivity contribution in [3.63, 3.8) is 0 Å². The lowest BCUT2D eigenvalue weighted by molar-refractivity contribution is -0.124. The quantitative estimate of drug-likeness (QED) is 0.847. The summed E-state index contributed by atoms with van der Waals surface area (Å²) in [5.41, 5.74) is 7.73. The van der Waals surface area contributed by atoms with Gasteiger partial charge in [-0.1, -0.05) is 12.1 Å². The van der Waals surface area contributed by atoms with Gasteiger partial charge in [0.2, 0.25) is 5.91 Å². The third-order valence-electron chi connectivity index (χ3n) is 3.89. The number of ether oxygens (including phenoxy) is 1. The van der Waals surface area contributed by atoms with E-state index in [-0.39, 0.29) is 11.9 Å². The van der Waals surface area contributed by atoms with Crippen LogP contribution in [0, 0.1) is 6.92 Å². The summed E-state index contributed by atoms with van der Waals surface area (Å²) in [6.45, 7) is 3.83. The molecule has 5 nitrogen and oxygen atoms in total. The highest BCUT2D eigenvalue weighted by Crippen LogP contribution is 2.16. The number of thiazole rings is 1. The Balaban J connectivity index is 1.52. The SMILES string of the molecule is Cc1nc(COc2ccc(/C=C/C(=O)N3CCC(N)C3)cc2)cs1. The Morgan fingerprint density at radius 1 is 1.46 bits per heavy atom. The average Bonchev–Trinajstić information content (AvgIpc) is 3.20. The van der Waals surface area contributed by atoms with Crippen LogP contribution in [0.15, 0.2) is 35.7 Å². The third-order valence-corrected chi connectivity index (χ3v) is 4.71. The monoisotopic (exact) mass is 343 g/mol. The highest BCUT2D eigenvalue weighted by atomic mass is 32.1. The number of aryl methyl sites for hydroxylation is 1. The molecule has 3 rings (SSSR count). The van der Waals surface area contributed by atoms with Crippen molar-refractivity contribution in [2.75, 3.05) is 13.1 Å². The minimum Gasteiger partial charge on any atom is -0.487 e. The lowest BCUT2D eigenvalue weighted by Gasteiger charge is -2.12. The van der Waals surface area contributed by atoms with Crippen molar-refractivity contribution in [3.8, 4) is 5.75 Å². The van der Waals surface area contributed by atoms with E-state index in [2.05, 4.69) is 4.98 Å². The molecule has 1 unspecified atom stereocenters. The van der Waals surface area contributed by atoms with Crippen molar-refractivity contribution >= 4 is 23.3 Å². The lowest BCUT2D eigenvalue weighted by atomic mass is 10.2. The predicted molar refractivity (Wildman–Crippen MR) is 95.8 cm³/mol. The first kappa shape index (κ1) is 16.7. The number of aromatic nitrogens is 1. The number of benzene rings is 1. The Hall–Kier alpha value is -2.18. The van der Waals surface area contributed by atoms with E-state index in [1.54, 1.807) is 22.3 Å². The molecule has 1 saturated heterocycles. The summed E-state index contributed by atoms with van der Waals surface area (Å²) in [5, 5.41) is 3.04. The molecule has 24 heavy (non-hydrogen) atoms. The number of nitrogens with two attached hydrogens (primary N) is 1. The second-order valence-electron chi connectivity index (χ2n) is 5.88. The number of carbonyl (C=O) groups is 1. The molecule has 2 aromatic rings. The molecule has 126 valence electrons. The highest BCUT2D eigenvalue weighted by Gasteiger charge is 2.21. The van der Waals surface area contributed by atoms with E-state index in [0.717, 1.165) is 35.0 Å². The van der Waals surface area contributed by atoms with Crippen molar-refractivity contribution in [3.05, 3.63) is 52.0 Å². The van der Waals surface area contributed by atoms with Gasteiger partial charge in [-0.15, -0.1) is 11.3 Å². The van der Waals surface area contributed by atoms with Crippen LogP contribution < -0.4 is 10.5 Å². The first-order valence-electron chi connectivity index (χ1n) is 7.96. The van der Waals surface area contributed by atoms with Gasteiger partial charge >= 0.3 is 0 Å². The summed E-state index contributed by atoms with van der Waals surface area (Å²) >= 11 is 1.62. The van der Waals surface area contributed by atoms with E-state index in [1.165, 1.54) is 0 Å². The van der Waals surface area contributed by atoms with Crippen LogP contribution in [0.1, 0.15) is 22.7 Å². The molecule has 1 fully saturated rings. The fourth-order valence-electron chi connectivity index (χ4n) is 2.57. The lowest BCUT2D eigenvalue weighted by Crippen LogP contribution is -2.30. The van der Waals surface area contributed by atoms with Crippen LogP contribution in [0.25, 0.3) is 6.08 Å². The summed E-state index contributed by atoms with van der Waals surface area (Å²) < 4.78 is 5.71. The van der Waals surface area contributed by atoms with E-state index in [1.807, 2.05) is 42.6 Å². The van der Waals surface area contributed by atoms with E-state index < -0.39 is 0 Å². The zero-order valence-corrected chi connectivity index (χ0v) is 14.5. The predicted octanol–water partition coefficient (Wildman–Crippen LogP) is 2.60. The number of nitrogens with zero attached hydrogens (tertiary/aromatic N) is 2. The summed E-state index contributed by atoms with van der Waals surface area (Å²) in [4.78, 5) is 18.2. The molecule has 1 amide bonds. The van der Waals surface area contributed by atoms with Crippen molar-refractivity contribution in [1.82, 2.24) is 9.88 Å². The summed E-state index contributed by atoms with van der Waals surface area (Å²) in [7, 11) is 0. The van der Waals surface area contributed by atoms with Crippen LogP contribution in [-0.2, 0) is 11.4 Å². The van der Waals surface area contributed by atoms with Crippen LogP contribution in [-0.4, -0.2) is 34.9 Å². The van der Waals surface area contributed by atoms with Gasteiger partial charge in [-0.3, -0.25) is 4.79 Å². The van der Waals surface area contributed by atoms with E-state index in [0.29, 0.717) is 13.2 Å². The largest absolute Gasteiger partial charge is 0.487 e. The van der Waals surface area contributed by atoms with Crippen LogP contribution >= 0.6 is 11.3 Å². The van der Waals surface area contributed by atoms with Crippen LogP contribution in [0.4, 0.5) is 0 Å². The number of hydrogen-bond donors (Lipinski definition) is 1. The molecular weight excluding hydrogens is 322 g/mol. The van der Waals surface area contributed by atoms with Gasteiger partial charge in [0.05, 0.1) is 10.7 Å². The molecule has 1 aliphatic rings. The second-order valence-corrected chi connectivity index (χ2v) is 6.94. The number of amides is 1. The number of rotatable bonds is 5. The number of hydrogen-bond acceptors (Lipinski definition) is 5. The molecule has 1 aromatic heterocycles. The minimum absolute atomic E-state index is 0.0159. The van der Waals surface area contributed by atoms with E-state index in [9.17, 15) is 4.79 Å². The van der Waals surface area contributed by atoms with Gasteiger partial charge in [0.1, 0.15) is 12.4 Å². The Morgan fingerprint density at radius 2 is 2.25 bits per heavy atom. The zero-order valence-electron chi connectivity index (χ0n) is 13.6. The standard InChI is InChI=1S/C18H21N3O2S/c1-13-20-16(12-24-13)11-23-17-5-2-14(3-6-17)4-7-18(22)21-9-8-15(19)10-21/h2-7,12,15H,8-11,19H2,1H3/b7-4+. The molecule has 6 heteroatoms. The maximum absolute atomic E-state index is 12.0. The molecule has 2 N–H and O–H groups in total. The topological polar surface area (TPSA) is 68.5 Å². The Kier molecular flexibility index (Phi) is 5.27. The maximum Gasteiger partial charge on any atom is 0.246 e. The average molecular weight is 343 g/mol.